The van der Waals surface area contributed by atoms with Crippen LogP contribution in [-0.4, -0.2) is 62.3 Å². The lowest BCUT2D eigenvalue weighted by molar-refractivity contribution is -0.145. The Hall–Kier alpha value is -6.10. The fourth-order valence-corrected chi connectivity index (χ4v) is 10.9. The number of hydrogen-bond acceptors (Lipinski definition) is 14. The first-order chi connectivity index (χ1) is 32.9. The van der Waals surface area contributed by atoms with Gasteiger partial charge in [-0.1, -0.05) is 12.1 Å². The van der Waals surface area contributed by atoms with Crippen LogP contribution in [-0.2, 0) is 33.1 Å². The zero-order chi connectivity index (χ0) is 50.8. The summed E-state index contributed by atoms with van der Waals surface area (Å²) in [6.07, 6.45) is 0.821. The first kappa shape index (κ1) is 51.7. The Labute approximate surface area is 406 Å². The second kappa shape index (κ2) is 20.7. The summed E-state index contributed by atoms with van der Waals surface area (Å²) in [4.78, 5) is 47.8. The maximum Gasteiger partial charge on any atom is 0.433 e. The van der Waals surface area contributed by atoms with E-state index in [1.54, 1.807) is 50.5 Å². The summed E-state index contributed by atoms with van der Waals surface area (Å²) < 4.78 is 77.8. The lowest BCUT2D eigenvalue weighted by Gasteiger charge is -2.35. The van der Waals surface area contributed by atoms with Crippen LogP contribution in [0.15, 0.2) is 73.3 Å². The van der Waals surface area contributed by atoms with E-state index in [1.165, 1.54) is 22.7 Å². The van der Waals surface area contributed by atoms with Crippen molar-refractivity contribution in [2.75, 3.05) is 10.6 Å². The zero-order valence-electron chi connectivity index (χ0n) is 38.3. The number of aromatic nitrogens is 6. The molecule has 4 aromatic heterocycles. The fraction of sp³-hybridized carbons (Fsp3) is 0.417. The van der Waals surface area contributed by atoms with Gasteiger partial charge in [-0.3, -0.25) is 9.59 Å². The quantitative estimate of drug-likeness (QED) is 0.0629. The van der Waals surface area contributed by atoms with Crippen molar-refractivity contribution in [1.82, 2.24) is 29.9 Å². The van der Waals surface area contributed by atoms with Crippen molar-refractivity contribution in [1.29, 1.82) is 0 Å². The van der Waals surface area contributed by atoms with Crippen LogP contribution in [0.2, 0.25) is 0 Å². The number of alkyl halides is 6. The van der Waals surface area contributed by atoms with Crippen LogP contribution in [0.4, 0.5) is 49.6 Å². The average molecular weight is 1010 g/mol. The number of aliphatic carboxylic acids is 2. The van der Waals surface area contributed by atoms with E-state index >= 15 is 0 Å². The Bertz CT molecular complexity index is 2630. The molecule has 0 aliphatic heterocycles. The van der Waals surface area contributed by atoms with E-state index in [2.05, 4.69) is 40.5 Å². The molecule has 2 aromatic carbocycles. The van der Waals surface area contributed by atoms with Crippen molar-refractivity contribution in [2.45, 2.75) is 103 Å². The number of hydrogen-bond donors (Lipinski definition) is 6. The van der Waals surface area contributed by atoms with Gasteiger partial charge in [0.25, 0.3) is 0 Å². The number of nitrogens with zero attached hydrogens (tertiary/aromatic N) is 6. The number of aliphatic hydroxyl groups is 2. The number of carboxylic acid groups (broad SMARTS) is 2. The molecular formula is C48H50F6N8O6S2. The van der Waals surface area contributed by atoms with Crippen molar-refractivity contribution in [3.63, 3.8) is 0 Å². The molecule has 0 unspecified atom stereocenters. The largest absolute Gasteiger partial charge is 0.481 e. The number of rotatable bonds is 12. The predicted molar refractivity (Wildman–Crippen MR) is 251 cm³/mol. The van der Waals surface area contributed by atoms with E-state index in [9.17, 15) is 56.4 Å². The minimum absolute atomic E-state index is 0.0927. The molecule has 0 radical (unpaired) electrons. The van der Waals surface area contributed by atoms with Crippen LogP contribution in [0.5, 0.6) is 0 Å². The summed E-state index contributed by atoms with van der Waals surface area (Å²) in [5.41, 5.74) is -0.101. The van der Waals surface area contributed by atoms with Gasteiger partial charge >= 0.3 is 24.3 Å². The lowest BCUT2D eigenvalue weighted by atomic mass is 9.74. The van der Waals surface area contributed by atoms with Crippen molar-refractivity contribution in [3.05, 3.63) is 106 Å². The minimum atomic E-state index is -4.57. The van der Waals surface area contributed by atoms with Crippen LogP contribution in [0.25, 0.3) is 20.9 Å². The maximum absolute atomic E-state index is 13.0. The molecule has 8 rings (SSSR count). The Morgan fingerprint density at radius 3 is 1.26 bits per heavy atom. The topological polar surface area (TPSA) is 216 Å². The van der Waals surface area contributed by atoms with Crippen molar-refractivity contribution in [2.24, 2.45) is 23.7 Å². The second-order valence-electron chi connectivity index (χ2n) is 18.1. The Kier molecular flexibility index (Phi) is 15.3. The Morgan fingerprint density at radius 1 is 0.571 bits per heavy atom. The highest BCUT2D eigenvalue weighted by atomic mass is 32.1. The standard InChI is InChI=1S/2C24H25F3N4O3S/c2*1-13-9-15(11-17(10-13)30-22-28-8-7-19(31-22)24(25,26)27)18-12-29-21(35-18)23(2,34)16-5-3-14(4-6-16)20(32)33/h2*7-12,14,16,34H,3-6H2,1-2H3,(H,32,33)(H,28,30,31)/t2*14?,16?,23-/m10/s1. The third-order valence-corrected chi connectivity index (χ3v) is 15.3. The number of halogens is 6. The Morgan fingerprint density at radius 2 is 0.929 bits per heavy atom. The number of thiazole rings is 2. The van der Waals surface area contributed by atoms with Crippen molar-refractivity contribution in [3.8, 4) is 20.9 Å². The highest BCUT2D eigenvalue weighted by Gasteiger charge is 2.42. The number of aryl methyl sites for hydroxylation is 2. The van der Waals surface area contributed by atoms with Crippen LogP contribution in [0, 0.1) is 37.5 Å². The highest BCUT2D eigenvalue weighted by Crippen LogP contribution is 2.45. The SMILES string of the molecule is Cc1cc(Nc2nccc(C(F)(F)F)n2)cc(-c2cnc([C@@](C)(O)C3CCC(C(=O)O)CC3)s2)c1.Cc1cc(Nc2nccc(C(F)(F)F)n2)cc(-c2cnc([C@](C)(O)C3CCC(C(=O)O)CC3)s2)c1. The van der Waals surface area contributed by atoms with Gasteiger partial charge in [0.05, 0.1) is 21.6 Å². The molecule has 0 bridgehead atoms. The predicted octanol–water partition coefficient (Wildman–Crippen LogP) is 11.5. The number of carboxylic acids is 2. The number of carbonyl (C=O) groups is 2. The van der Waals surface area contributed by atoms with Crippen molar-refractivity contribution >= 4 is 57.9 Å². The monoisotopic (exact) mass is 1010 g/mol. The van der Waals surface area contributed by atoms with Gasteiger partial charge in [-0.25, -0.2) is 29.9 Å². The molecule has 14 nitrogen and oxygen atoms in total. The number of benzene rings is 2. The number of nitrogens with one attached hydrogen (secondary N) is 2. The molecule has 0 amide bonds. The minimum Gasteiger partial charge on any atom is -0.481 e. The summed E-state index contributed by atoms with van der Waals surface area (Å²) in [6.45, 7) is 7.16. The molecule has 2 saturated carbocycles. The highest BCUT2D eigenvalue weighted by molar-refractivity contribution is 7.15. The van der Waals surface area contributed by atoms with Crippen LogP contribution in [0.3, 0.4) is 0 Å². The molecular weight excluding hydrogens is 963 g/mol. The smallest absolute Gasteiger partial charge is 0.433 e. The normalized spacial score (nSPS) is 20.3. The molecule has 6 N–H and O–H groups in total. The first-order valence-corrected chi connectivity index (χ1v) is 23.9. The van der Waals surface area contributed by atoms with Gasteiger partial charge in [0.15, 0.2) is 0 Å². The molecule has 372 valence electrons. The van der Waals surface area contributed by atoms with Gasteiger partial charge in [-0.05, 0) is 150 Å². The van der Waals surface area contributed by atoms with E-state index in [-0.39, 0.29) is 35.6 Å². The van der Waals surface area contributed by atoms with E-state index < -0.39 is 46.9 Å². The van der Waals surface area contributed by atoms with Gasteiger partial charge in [0, 0.05) is 36.2 Å². The lowest BCUT2D eigenvalue weighted by Crippen LogP contribution is -2.35. The molecule has 2 aliphatic carbocycles. The molecule has 22 heteroatoms. The second-order valence-corrected chi connectivity index (χ2v) is 20.1. The third-order valence-electron chi connectivity index (χ3n) is 12.7. The summed E-state index contributed by atoms with van der Waals surface area (Å²) in [5.74, 6) is -2.84. The van der Waals surface area contributed by atoms with Gasteiger partial charge in [0.2, 0.25) is 11.9 Å². The van der Waals surface area contributed by atoms with E-state index in [0.29, 0.717) is 72.8 Å². The van der Waals surface area contributed by atoms with Gasteiger partial charge < -0.3 is 31.1 Å². The zero-order valence-corrected chi connectivity index (χ0v) is 39.9. The van der Waals surface area contributed by atoms with E-state index in [1.807, 2.05) is 26.0 Å². The van der Waals surface area contributed by atoms with E-state index in [0.717, 1.165) is 56.5 Å². The van der Waals surface area contributed by atoms with Gasteiger partial charge in [0.1, 0.15) is 32.6 Å². The van der Waals surface area contributed by atoms with Crippen LogP contribution >= 0.6 is 22.7 Å². The van der Waals surface area contributed by atoms with Crippen molar-refractivity contribution < 1.29 is 56.4 Å². The molecule has 0 saturated heterocycles. The molecule has 2 fully saturated rings. The molecule has 4 heterocycles. The molecule has 2 aliphatic rings. The fourth-order valence-electron chi connectivity index (χ4n) is 8.84. The summed E-state index contributed by atoms with van der Waals surface area (Å²) in [5, 5.41) is 47.8. The van der Waals surface area contributed by atoms with Crippen LogP contribution in [0.1, 0.15) is 97.7 Å². The Balaban J connectivity index is 0.000000206. The first-order valence-electron chi connectivity index (χ1n) is 22.3. The summed E-state index contributed by atoms with van der Waals surface area (Å²) in [6, 6.07) is 12.5. The average Bonchev–Trinajstić information content (AvgIpc) is 4.02. The summed E-state index contributed by atoms with van der Waals surface area (Å²) in [7, 11) is 0. The van der Waals surface area contributed by atoms with Crippen LogP contribution < -0.4 is 10.6 Å². The maximum atomic E-state index is 13.0. The molecule has 0 spiro atoms. The number of anilines is 4. The summed E-state index contributed by atoms with van der Waals surface area (Å²) >= 11 is 2.68. The van der Waals surface area contributed by atoms with E-state index in [4.69, 9.17) is 0 Å². The van der Waals surface area contributed by atoms with Gasteiger partial charge in [-0.15, -0.1) is 22.7 Å². The molecule has 70 heavy (non-hydrogen) atoms. The van der Waals surface area contributed by atoms with Gasteiger partial charge in [-0.2, -0.15) is 26.3 Å². The molecule has 2 atom stereocenters. The molecule has 6 aromatic rings. The third kappa shape index (κ3) is 12.4.